The van der Waals surface area contributed by atoms with Crippen LogP contribution in [0.1, 0.15) is 51.3 Å². The number of ether oxygens (including phenoxy) is 3. The van der Waals surface area contributed by atoms with Crippen molar-refractivity contribution in [2.24, 2.45) is 5.16 Å². The van der Waals surface area contributed by atoms with E-state index >= 15 is 0 Å². The molecule has 9 heteroatoms. The first-order chi connectivity index (χ1) is 15.7. The number of halogens is 1. The maximum Gasteiger partial charge on any atom is 0.358 e. The van der Waals surface area contributed by atoms with Crippen LogP contribution < -0.4 is 9.47 Å². The molecule has 2 aromatic rings. The van der Waals surface area contributed by atoms with Gasteiger partial charge in [-0.2, -0.15) is 0 Å². The van der Waals surface area contributed by atoms with Crippen LogP contribution in [-0.4, -0.2) is 41.1 Å². The number of carbonyl (C=O) groups excluding carboxylic acids is 1. The highest BCUT2D eigenvalue weighted by atomic mass is 35.5. The molecule has 0 atom stereocenters. The van der Waals surface area contributed by atoms with E-state index in [9.17, 15) is 14.7 Å². The van der Waals surface area contributed by atoms with E-state index in [0.29, 0.717) is 11.3 Å². The summed E-state index contributed by atoms with van der Waals surface area (Å²) in [6.07, 6.45) is 0. The summed E-state index contributed by atoms with van der Waals surface area (Å²) in [7, 11) is 1.58. The molecule has 0 fully saturated rings. The predicted molar refractivity (Wildman–Crippen MR) is 129 cm³/mol. The number of aryl methyl sites for hydroxylation is 1. The van der Waals surface area contributed by atoms with Gasteiger partial charge in [-0.05, 0) is 64.8 Å². The van der Waals surface area contributed by atoms with Crippen molar-refractivity contribution in [3.63, 3.8) is 0 Å². The Labute approximate surface area is 204 Å². The second-order valence-corrected chi connectivity index (χ2v) is 9.44. The van der Waals surface area contributed by atoms with E-state index in [-0.39, 0.29) is 17.2 Å². The average molecular weight is 492 g/mol. The number of hydrogen-bond acceptors (Lipinski definition) is 7. The van der Waals surface area contributed by atoms with Crippen molar-refractivity contribution in [3.8, 4) is 11.5 Å². The molecule has 0 saturated carbocycles. The SMILES string of the molecule is COc1ccc(COc2c(C)ccc(/C(=N/OC(C)(C)C(=O)OC(C)(C)C)C(=O)O)c2Cl)cc1. The Bertz CT molecular complexity index is 1070. The lowest BCUT2D eigenvalue weighted by atomic mass is 10.1. The summed E-state index contributed by atoms with van der Waals surface area (Å²) in [6, 6.07) is 10.5. The number of benzene rings is 2. The maximum atomic E-state index is 12.4. The molecule has 1 N–H and O–H groups in total. The third-order valence-electron chi connectivity index (χ3n) is 4.55. The first-order valence-corrected chi connectivity index (χ1v) is 10.9. The zero-order valence-electron chi connectivity index (χ0n) is 20.4. The lowest BCUT2D eigenvalue weighted by Crippen LogP contribution is -2.40. The van der Waals surface area contributed by atoms with Crippen molar-refractivity contribution in [1.82, 2.24) is 0 Å². The molecule has 0 heterocycles. The highest BCUT2D eigenvalue weighted by Crippen LogP contribution is 2.33. The standard InChI is InChI=1S/C25H30ClNO7/c1-15-8-13-18(19(26)21(15)32-14-16-9-11-17(31-7)12-10-16)20(22(28)29)27-34-25(5,6)23(30)33-24(2,3)4/h8-13H,14H2,1-7H3,(H,28,29)/b27-20-. The number of methoxy groups -OCH3 is 1. The van der Waals surface area contributed by atoms with E-state index in [2.05, 4.69) is 5.16 Å². The molecular weight excluding hydrogens is 462 g/mol. The monoisotopic (exact) mass is 491 g/mol. The van der Waals surface area contributed by atoms with Crippen molar-refractivity contribution < 1.29 is 33.7 Å². The highest BCUT2D eigenvalue weighted by Gasteiger charge is 2.36. The normalized spacial score (nSPS) is 12.2. The van der Waals surface area contributed by atoms with Gasteiger partial charge in [0.15, 0.2) is 5.71 Å². The molecule has 0 bridgehead atoms. The van der Waals surface area contributed by atoms with Gasteiger partial charge < -0.3 is 24.2 Å². The lowest BCUT2D eigenvalue weighted by Gasteiger charge is -2.26. The molecule has 8 nitrogen and oxygen atoms in total. The van der Waals surface area contributed by atoms with Gasteiger partial charge in [0.25, 0.3) is 0 Å². The average Bonchev–Trinajstić information content (AvgIpc) is 2.74. The summed E-state index contributed by atoms with van der Waals surface area (Å²) in [5.41, 5.74) is -1.08. The van der Waals surface area contributed by atoms with Crippen LogP contribution >= 0.6 is 11.6 Å². The van der Waals surface area contributed by atoms with Crippen molar-refractivity contribution in [2.75, 3.05) is 7.11 Å². The minimum atomic E-state index is -1.53. The minimum absolute atomic E-state index is 0.0633. The second kappa shape index (κ2) is 10.8. The maximum absolute atomic E-state index is 12.4. The summed E-state index contributed by atoms with van der Waals surface area (Å²) < 4.78 is 16.4. The van der Waals surface area contributed by atoms with Crippen LogP contribution in [0.15, 0.2) is 41.6 Å². The molecule has 0 radical (unpaired) electrons. The molecule has 2 rings (SSSR count). The Hall–Kier alpha value is -3.26. The number of nitrogens with zero attached hydrogens (tertiary/aromatic N) is 1. The smallest absolute Gasteiger partial charge is 0.358 e. The summed E-state index contributed by atoms with van der Waals surface area (Å²) >= 11 is 6.53. The Morgan fingerprint density at radius 1 is 1.03 bits per heavy atom. The van der Waals surface area contributed by atoms with Crippen molar-refractivity contribution in [3.05, 3.63) is 58.1 Å². The van der Waals surface area contributed by atoms with Crippen molar-refractivity contribution in [2.45, 2.75) is 59.4 Å². The molecule has 0 amide bonds. The highest BCUT2D eigenvalue weighted by molar-refractivity contribution is 6.47. The van der Waals surface area contributed by atoms with Gasteiger partial charge in [0.2, 0.25) is 5.60 Å². The zero-order valence-corrected chi connectivity index (χ0v) is 21.1. The van der Waals surface area contributed by atoms with Gasteiger partial charge in [-0.25, -0.2) is 9.59 Å². The lowest BCUT2D eigenvalue weighted by molar-refractivity contribution is -0.179. The summed E-state index contributed by atoms with van der Waals surface area (Å²) in [4.78, 5) is 29.7. The van der Waals surface area contributed by atoms with Crippen molar-refractivity contribution in [1.29, 1.82) is 0 Å². The Kier molecular flexibility index (Phi) is 8.56. The van der Waals surface area contributed by atoms with E-state index in [1.54, 1.807) is 40.9 Å². The number of oxime groups is 1. The largest absolute Gasteiger partial charge is 0.497 e. The quantitative estimate of drug-likeness (QED) is 0.293. The van der Waals surface area contributed by atoms with E-state index in [0.717, 1.165) is 11.3 Å². The number of esters is 1. The fraction of sp³-hybridized carbons (Fsp3) is 0.400. The number of carbonyl (C=O) groups is 2. The van der Waals surface area contributed by atoms with Gasteiger partial charge in [0.1, 0.15) is 23.7 Å². The zero-order chi connectivity index (χ0) is 25.7. The van der Waals surface area contributed by atoms with Crippen LogP contribution in [0.2, 0.25) is 5.02 Å². The van der Waals surface area contributed by atoms with Crippen LogP contribution in [0.3, 0.4) is 0 Å². The Balaban J connectivity index is 2.31. The molecule has 0 aliphatic rings. The molecule has 2 aromatic carbocycles. The molecule has 34 heavy (non-hydrogen) atoms. The predicted octanol–water partition coefficient (Wildman–Crippen LogP) is 5.16. The van der Waals surface area contributed by atoms with Gasteiger partial charge in [0, 0.05) is 5.56 Å². The van der Waals surface area contributed by atoms with Crippen LogP contribution in [0, 0.1) is 6.92 Å². The van der Waals surface area contributed by atoms with E-state index in [1.165, 1.54) is 19.9 Å². The van der Waals surface area contributed by atoms with Crippen molar-refractivity contribution >= 4 is 29.3 Å². The molecule has 0 saturated heterocycles. The third-order valence-corrected chi connectivity index (χ3v) is 4.92. The molecular formula is C25H30ClNO7. The summed E-state index contributed by atoms with van der Waals surface area (Å²) in [6.45, 7) is 10.0. The Morgan fingerprint density at radius 2 is 1.65 bits per heavy atom. The Morgan fingerprint density at radius 3 is 2.18 bits per heavy atom. The van der Waals surface area contributed by atoms with Crippen LogP contribution in [0.25, 0.3) is 0 Å². The summed E-state index contributed by atoms with van der Waals surface area (Å²) in [5.74, 6) is -1.04. The molecule has 0 unspecified atom stereocenters. The van der Waals surface area contributed by atoms with E-state index in [4.69, 9.17) is 30.6 Å². The van der Waals surface area contributed by atoms with E-state index in [1.807, 2.05) is 24.3 Å². The molecule has 0 aliphatic carbocycles. The van der Waals surface area contributed by atoms with Crippen LogP contribution in [0.4, 0.5) is 0 Å². The third kappa shape index (κ3) is 7.12. The van der Waals surface area contributed by atoms with Gasteiger partial charge in [-0.1, -0.05) is 41.0 Å². The van der Waals surface area contributed by atoms with Gasteiger partial charge in [-0.15, -0.1) is 0 Å². The number of rotatable bonds is 9. The molecule has 0 aromatic heterocycles. The molecule has 184 valence electrons. The van der Waals surface area contributed by atoms with Crippen LogP contribution in [0.5, 0.6) is 11.5 Å². The van der Waals surface area contributed by atoms with Gasteiger partial charge >= 0.3 is 11.9 Å². The number of aliphatic carboxylic acids is 1. The minimum Gasteiger partial charge on any atom is -0.497 e. The fourth-order valence-electron chi connectivity index (χ4n) is 2.69. The molecule has 0 aliphatic heterocycles. The summed E-state index contributed by atoms with van der Waals surface area (Å²) in [5, 5.41) is 13.6. The number of carboxylic acid groups (broad SMARTS) is 1. The number of carboxylic acids is 1. The first-order valence-electron chi connectivity index (χ1n) is 10.5. The first kappa shape index (κ1) is 27.0. The topological polar surface area (TPSA) is 104 Å². The van der Waals surface area contributed by atoms with Gasteiger partial charge in [0.05, 0.1) is 12.1 Å². The molecule has 0 spiro atoms. The van der Waals surface area contributed by atoms with Crippen LogP contribution in [-0.2, 0) is 25.8 Å². The fourth-order valence-corrected chi connectivity index (χ4v) is 3.05. The van der Waals surface area contributed by atoms with E-state index < -0.39 is 28.9 Å². The number of hydrogen-bond donors (Lipinski definition) is 1. The van der Waals surface area contributed by atoms with Gasteiger partial charge in [-0.3, -0.25) is 0 Å². The second-order valence-electron chi connectivity index (χ2n) is 9.06.